The summed E-state index contributed by atoms with van der Waals surface area (Å²) in [5.41, 5.74) is 4.95. The number of carbonyl (C=O) groups is 2. The van der Waals surface area contributed by atoms with Crippen molar-refractivity contribution in [3.8, 4) is 0 Å². The molecule has 0 heterocycles. The molecule has 0 aliphatic carbocycles. The van der Waals surface area contributed by atoms with Crippen LogP contribution in [0.4, 0.5) is 4.79 Å². The topological polar surface area (TPSA) is 81.4 Å². The molecular weight excluding hydrogens is 184 g/mol. The fourth-order valence-electron chi connectivity index (χ4n) is 0.807. The van der Waals surface area contributed by atoms with Gasteiger partial charge in [-0.15, -0.1) is 0 Å². The molecule has 0 aliphatic rings. The van der Waals surface area contributed by atoms with Gasteiger partial charge in [0.1, 0.15) is 6.04 Å². The SMILES string of the molecule is CCCCCOC(=O)NC(C)C(N)=O. The predicted octanol–water partition coefficient (Wildman–Crippen LogP) is 0.777. The third-order valence-electron chi connectivity index (χ3n) is 1.74. The van der Waals surface area contributed by atoms with E-state index in [1.807, 2.05) is 0 Å². The van der Waals surface area contributed by atoms with Crippen LogP contribution in [0.1, 0.15) is 33.1 Å². The van der Waals surface area contributed by atoms with Crippen molar-refractivity contribution >= 4 is 12.0 Å². The van der Waals surface area contributed by atoms with E-state index in [2.05, 4.69) is 12.2 Å². The van der Waals surface area contributed by atoms with Crippen LogP contribution in [0, 0.1) is 0 Å². The Hall–Kier alpha value is -1.26. The Bertz CT molecular complexity index is 194. The van der Waals surface area contributed by atoms with Gasteiger partial charge < -0.3 is 15.8 Å². The van der Waals surface area contributed by atoms with Crippen LogP contribution in [0.2, 0.25) is 0 Å². The highest BCUT2D eigenvalue weighted by Gasteiger charge is 2.12. The third kappa shape index (κ3) is 6.28. The molecule has 0 spiro atoms. The normalized spacial score (nSPS) is 11.9. The number of nitrogens with one attached hydrogen (secondary N) is 1. The fraction of sp³-hybridized carbons (Fsp3) is 0.778. The number of hydrogen-bond acceptors (Lipinski definition) is 3. The smallest absolute Gasteiger partial charge is 0.407 e. The van der Waals surface area contributed by atoms with Crippen molar-refractivity contribution in [1.82, 2.24) is 5.32 Å². The lowest BCUT2D eigenvalue weighted by Crippen LogP contribution is -2.42. The highest BCUT2D eigenvalue weighted by Crippen LogP contribution is 1.94. The van der Waals surface area contributed by atoms with Crippen molar-refractivity contribution < 1.29 is 14.3 Å². The number of primary amides is 1. The second kappa shape index (κ2) is 7.17. The first-order chi connectivity index (χ1) is 6.57. The van der Waals surface area contributed by atoms with Gasteiger partial charge in [-0.25, -0.2) is 4.79 Å². The van der Waals surface area contributed by atoms with E-state index in [0.717, 1.165) is 19.3 Å². The maximum atomic E-state index is 11.0. The monoisotopic (exact) mass is 202 g/mol. The van der Waals surface area contributed by atoms with Gasteiger partial charge in [0.15, 0.2) is 0 Å². The van der Waals surface area contributed by atoms with Gasteiger partial charge in [0.05, 0.1) is 6.61 Å². The van der Waals surface area contributed by atoms with Crippen molar-refractivity contribution in [2.75, 3.05) is 6.61 Å². The Morgan fingerprint density at radius 1 is 1.43 bits per heavy atom. The molecule has 1 unspecified atom stereocenters. The quantitative estimate of drug-likeness (QED) is 0.624. The van der Waals surface area contributed by atoms with Crippen molar-refractivity contribution in [1.29, 1.82) is 0 Å². The largest absolute Gasteiger partial charge is 0.450 e. The Kier molecular flexibility index (Phi) is 6.53. The van der Waals surface area contributed by atoms with Crippen molar-refractivity contribution in [3.63, 3.8) is 0 Å². The van der Waals surface area contributed by atoms with Crippen LogP contribution < -0.4 is 11.1 Å². The second-order valence-corrected chi connectivity index (χ2v) is 3.11. The van der Waals surface area contributed by atoms with Gasteiger partial charge in [-0.1, -0.05) is 19.8 Å². The molecule has 82 valence electrons. The summed E-state index contributed by atoms with van der Waals surface area (Å²) in [4.78, 5) is 21.5. The highest BCUT2D eigenvalue weighted by molar-refractivity contribution is 5.83. The molecule has 0 rings (SSSR count). The van der Waals surface area contributed by atoms with Crippen LogP contribution >= 0.6 is 0 Å². The van der Waals surface area contributed by atoms with Gasteiger partial charge >= 0.3 is 6.09 Å². The molecule has 0 fully saturated rings. The zero-order chi connectivity index (χ0) is 11.0. The summed E-state index contributed by atoms with van der Waals surface area (Å²) in [6.07, 6.45) is 2.35. The second-order valence-electron chi connectivity index (χ2n) is 3.11. The lowest BCUT2D eigenvalue weighted by Gasteiger charge is -2.10. The maximum absolute atomic E-state index is 11.0. The van der Waals surface area contributed by atoms with Crippen molar-refractivity contribution in [2.24, 2.45) is 5.73 Å². The van der Waals surface area contributed by atoms with Crippen molar-refractivity contribution in [2.45, 2.75) is 39.2 Å². The minimum absolute atomic E-state index is 0.380. The third-order valence-corrected chi connectivity index (χ3v) is 1.74. The fourth-order valence-corrected chi connectivity index (χ4v) is 0.807. The van der Waals surface area contributed by atoms with Crippen LogP contribution in [0.25, 0.3) is 0 Å². The molecule has 0 saturated heterocycles. The predicted molar refractivity (Wildman–Crippen MR) is 52.7 cm³/mol. The van der Waals surface area contributed by atoms with Crippen LogP contribution in [-0.2, 0) is 9.53 Å². The summed E-state index contributed by atoms with van der Waals surface area (Å²) in [5.74, 6) is -0.574. The molecule has 0 aliphatic heterocycles. The maximum Gasteiger partial charge on any atom is 0.407 e. The molecule has 3 N–H and O–H groups in total. The van der Waals surface area contributed by atoms with Gasteiger partial charge in [0.25, 0.3) is 0 Å². The summed E-state index contributed by atoms with van der Waals surface area (Å²) in [6.45, 7) is 3.95. The number of hydrogen-bond donors (Lipinski definition) is 2. The van der Waals surface area contributed by atoms with Crippen LogP contribution in [0.15, 0.2) is 0 Å². The molecule has 0 aromatic rings. The zero-order valence-corrected chi connectivity index (χ0v) is 8.71. The standard InChI is InChI=1S/C9H18N2O3/c1-3-4-5-6-14-9(13)11-7(2)8(10)12/h7H,3-6H2,1-2H3,(H2,10,12)(H,11,13). The molecular formula is C9H18N2O3. The van der Waals surface area contributed by atoms with E-state index >= 15 is 0 Å². The van der Waals surface area contributed by atoms with Gasteiger partial charge in [-0.2, -0.15) is 0 Å². The van der Waals surface area contributed by atoms with Crippen LogP contribution in [0.3, 0.4) is 0 Å². The molecule has 0 radical (unpaired) electrons. The van der Waals surface area contributed by atoms with E-state index in [1.54, 1.807) is 0 Å². The summed E-state index contributed by atoms with van der Waals surface area (Å²) < 4.78 is 4.81. The Morgan fingerprint density at radius 3 is 2.57 bits per heavy atom. The number of carbonyl (C=O) groups excluding carboxylic acids is 2. The summed E-state index contributed by atoms with van der Waals surface area (Å²) >= 11 is 0. The van der Waals surface area contributed by atoms with E-state index in [0.29, 0.717) is 6.61 Å². The number of amides is 2. The molecule has 0 saturated carbocycles. The Balaban J connectivity index is 3.50. The zero-order valence-electron chi connectivity index (χ0n) is 8.71. The average Bonchev–Trinajstić information content (AvgIpc) is 2.12. The van der Waals surface area contributed by atoms with E-state index in [1.165, 1.54) is 6.92 Å². The number of rotatable bonds is 6. The molecule has 0 bridgehead atoms. The number of nitrogens with two attached hydrogens (primary N) is 1. The first kappa shape index (κ1) is 12.7. The number of alkyl carbamates (subject to hydrolysis) is 1. The summed E-state index contributed by atoms with van der Waals surface area (Å²) in [7, 11) is 0. The van der Waals surface area contributed by atoms with Gasteiger partial charge in [0.2, 0.25) is 5.91 Å². The van der Waals surface area contributed by atoms with E-state index in [9.17, 15) is 9.59 Å². The minimum Gasteiger partial charge on any atom is -0.450 e. The molecule has 1 atom stereocenters. The van der Waals surface area contributed by atoms with Gasteiger partial charge in [0, 0.05) is 0 Å². The molecule has 5 heteroatoms. The summed E-state index contributed by atoms with van der Waals surface area (Å²) in [5, 5.41) is 2.32. The Morgan fingerprint density at radius 2 is 2.07 bits per heavy atom. The molecule has 0 aromatic heterocycles. The van der Waals surface area contributed by atoms with E-state index in [-0.39, 0.29) is 0 Å². The number of ether oxygens (including phenoxy) is 1. The van der Waals surface area contributed by atoms with E-state index in [4.69, 9.17) is 10.5 Å². The minimum atomic E-state index is -0.686. The summed E-state index contributed by atoms with van der Waals surface area (Å²) in [6, 6.07) is -0.686. The average molecular weight is 202 g/mol. The van der Waals surface area contributed by atoms with E-state index < -0.39 is 18.0 Å². The molecule has 14 heavy (non-hydrogen) atoms. The first-order valence-corrected chi connectivity index (χ1v) is 4.80. The lowest BCUT2D eigenvalue weighted by atomic mass is 10.3. The first-order valence-electron chi connectivity index (χ1n) is 4.80. The van der Waals surface area contributed by atoms with Crippen LogP contribution in [0.5, 0.6) is 0 Å². The van der Waals surface area contributed by atoms with Gasteiger partial charge in [-0.3, -0.25) is 4.79 Å². The molecule has 0 aromatic carbocycles. The van der Waals surface area contributed by atoms with Gasteiger partial charge in [-0.05, 0) is 13.3 Å². The molecule has 5 nitrogen and oxygen atoms in total. The van der Waals surface area contributed by atoms with Crippen molar-refractivity contribution in [3.05, 3.63) is 0 Å². The Labute approximate surface area is 84.0 Å². The molecule has 2 amide bonds. The number of unbranched alkanes of at least 4 members (excludes halogenated alkanes) is 2. The highest BCUT2D eigenvalue weighted by atomic mass is 16.5. The lowest BCUT2D eigenvalue weighted by molar-refractivity contribution is -0.119. The van der Waals surface area contributed by atoms with Crippen LogP contribution in [-0.4, -0.2) is 24.6 Å².